The summed E-state index contributed by atoms with van der Waals surface area (Å²) >= 11 is 7.20. The minimum Gasteiger partial charge on any atom is -0.476 e. The Morgan fingerprint density at radius 3 is 2.76 bits per heavy atom. The second-order valence-corrected chi connectivity index (χ2v) is 4.96. The fourth-order valence-corrected chi connectivity index (χ4v) is 2.64. The lowest BCUT2D eigenvalue weighted by Crippen LogP contribution is -2.00. The number of carboxylic acid groups (broad SMARTS) is 1. The first-order chi connectivity index (χ1) is 7.99. The SMILES string of the molecule is Cc1ccc(-c2nc(C(=O)O)c(N)s2)c(Cl)c1. The largest absolute Gasteiger partial charge is 0.476 e. The Kier molecular flexibility index (Phi) is 3.04. The molecule has 0 aliphatic carbocycles. The number of benzene rings is 1. The van der Waals surface area contributed by atoms with Crippen molar-refractivity contribution in [3.63, 3.8) is 0 Å². The van der Waals surface area contributed by atoms with Gasteiger partial charge in [-0.15, -0.1) is 0 Å². The maximum atomic E-state index is 10.8. The fourth-order valence-electron chi connectivity index (χ4n) is 1.39. The number of hydrogen-bond acceptors (Lipinski definition) is 4. The second-order valence-electron chi connectivity index (χ2n) is 3.52. The van der Waals surface area contributed by atoms with Crippen molar-refractivity contribution in [3.8, 4) is 10.6 Å². The lowest BCUT2D eigenvalue weighted by molar-refractivity contribution is 0.0692. The van der Waals surface area contributed by atoms with Crippen LogP contribution in [0, 0.1) is 6.92 Å². The number of rotatable bonds is 2. The van der Waals surface area contributed by atoms with Crippen LogP contribution in [0.1, 0.15) is 16.1 Å². The highest BCUT2D eigenvalue weighted by atomic mass is 35.5. The quantitative estimate of drug-likeness (QED) is 0.878. The molecule has 6 heteroatoms. The van der Waals surface area contributed by atoms with Crippen LogP contribution in [0.25, 0.3) is 10.6 Å². The molecule has 0 saturated carbocycles. The molecule has 1 aromatic heterocycles. The predicted octanol–water partition coefficient (Wildman–Crippen LogP) is 3.05. The Morgan fingerprint density at radius 2 is 2.24 bits per heavy atom. The summed E-state index contributed by atoms with van der Waals surface area (Å²) in [7, 11) is 0. The molecule has 0 atom stereocenters. The number of carboxylic acids is 1. The summed E-state index contributed by atoms with van der Waals surface area (Å²) in [5.41, 5.74) is 7.19. The Bertz CT molecular complexity index is 595. The molecule has 0 unspecified atom stereocenters. The van der Waals surface area contributed by atoms with Gasteiger partial charge in [0, 0.05) is 5.56 Å². The van der Waals surface area contributed by atoms with Gasteiger partial charge in [0.05, 0.1) is 5.02 Å². The maximum absolute atomic E-state index is 10.8. The number of halogens is 1. The number of carbonyl (C=O) groups is 1. The van der Waals surface area contributed by atoms with Gasteiger partial charge < -0.3 is 10.8 Å². The predicted molar refractivity (Wildman–Crippen MR) is 68.7 cm³/mol. The zero-order valence-corrected chi connectivity index (χ0v) is 10.5. The molecule has 0 aliphatic heterocycles. The molecule has 0 amide bonds. The third-order valence-corrected chi connectivity index (χ3v) is 3.44. The molecule has 0 radical (unpaired) electrons. The third-order valence-electron chi connectivity index (χ3n) is 2.21. The molecule has 0 spiro atoms. The highest BCUT2D eigenvalue weighted by Crippen LogP contribution is 2.34. The molecular formula is C11H9ClN2O2S. The molecule has 3 N–H and O–H groups in total. The molecule has 1 heterocycles. The molecule has 0 bridgehead atoms. The summed E-state index contributed by atoms with van der Waals surface area (Å²) in [6, 6.07) is 5.50. The smallest absolute Gasteiger partial charge is 0.357 e. The van der Waals surface area contributed by atoms with Crippen LogP contribution in [0.4, 0.5) is 5.00 Å². The molecule has 4 nitrogen and oxygen atoms in total. The number of aromatic nitrogens is 1. The first-order valence-corrected chi connectivity index (χ1v) is 5.94. The van der Waals surface area contributed by atoms with Crippen LogP contribution in [0.2, 0.25) is 5.02 Å². The lowest BCUT2D eigenvalue weighted by Gasteiger charge is -2.00. The molecule has 0 fully saturated rings. The van der Waals surface area contributed by atoms with Crippen LogP contribution in [-0.4, -0.2) is 16.1 Å². The van der Waals surface area contributed by atoms with Crippen LogP contribution in [-0.2, 0) is 0 Å². The summed E-state index contributed by atoms with van der Waals surface area (Å²) in [6.45, 7) is 1.93. The van der Waals surface area contributed by atoms with E-state index in [9.17, 15) is 4.79 Å². The van der Waals surface area contributed by atoms with Gasteiger partial charge in [-0.2, -0.15) is 0 Å². The van der Waals surface area contributed by atoms with Gasteiger partial charge in [-0.25, -0.2) is 9.78 Å². The van der Waals surface area contributed by atoms with Gasteiger partial charge in [-0.3, -0.25) is 0 Å². The van der Waals surface area contributed by atoms with Crippen molar-refractivity contribution in [1.29, 1.82) is 0 Å². The first-order valence-electron chi connectivity index (χ1n) is 4.75. The topological polar surface area (TPSA) is 76.2 Å². The molecule has 1 aromatic carbocycles. The van der Waals surface area contributed by atoms with E-state index in [0.717, 1.165) is 16.9 Å². The summed E-state index contributed by atoms with van der Waals surface area (Å²) in [5, 5.41) is 10.1. The van der Waals surface area contributed by atoms with Crippen LogP contribution in [0.5, 0.6) is 0 Å². The van der Waals surface area contributed by atoms with Crippen molar-refractivity contribution in [2.75, 3.05) is 5.73 Å². The maximum Gasteiger partial charge on any atom is 0.357 e. The Balaban J connectivity index is 2.53. The molecule has 17 heavy (non-hydrogen) atoms. The molecule has 88 valence electrons. The zero-order chi connectivity index (χ0) is 12.6. The third kappa shape index (κ3) is 2.25. The van der Waals surface area contributed by atoms with E-state index in [1.54, 1.807) is 6.07 Å². The van der Waals surface area contributed by atoms with E-state index in [1.165, 1.54) is 0 Å². The monoisotopic (exact) mass is 268 g/mol. The number of aryl methyl sites for hydroxylation is 1. The van der Waals surface area contributed by atoms with Gasteiger partial charge in [0.25, 0.3) is 0 Å². The number of thiazole rings is 1. The number of aromatic carboxylic acids is 1. The van der Waals surface area contributed by atoms with Gasteiger partial charge in [-0.05, 0) is 18.6 Å². The highest BCUT2D eigenvalue weighted by Gasteiger charge is 2.17. The Morgan fingerprint density at radius 1 is 1.53 bits per heavy atom. The summed E-state index contributed by atoms with van der Waals surface area (Å²) in [6.07, 6.45) is 0. The normalized spacial score (nSPS) is 10.5. The number of hydrogen-bond donors (Lipinski definition) is 2. The van der Waals surface area contributed by atoms with Crippen LogP contribution in [0.15, 0.2) is 18.2 Å². The number of nitrogen functional groups attached to an aromatic ring is 1. The van der Waals surface area contributed by atoms with Crippen LogP contribution >= 0.6 is 22.9 Å². The van der Waals surface area contributed by atoms with E-state index >= 15 is 0 Å². The Labute approximate surface area is 107 Å². The minimum absolute atomic E-state index is 0.123. The van der Waals surface area contributed by atoms with Crippen LogP contribution < -0.4 is 5.73 Å². The fraction of sp³-hybridized carbons (Fsp3) is 0.0909. The molecular weight excluding hydrogens is 260 g/mol. The van der Waals surface area contributed by atoms with E-state index < -0.39 is 5.97 Å². The summed E-state index contributed by atoms with van der Waals surface area (Å²) in [4.78, 5) is 14.8. The van der Waals surface area contributed by atoms with Crippen molar-refractivity contribution in [1.82, 2.24) is 4.98 Å². The van der Waals surface area contributed by atoms with Crippen molar-refractivity contribution in [3.05, 3.63) is 34.5 Å². The van der Waals surface area contributed by atoms with Crippen molar-refractivity contribution < 1.29 is 9.90 Å². The van der Waals surface area contributed by atoms with Crippen molar-refractivity contribution in [2.45, 2.75) is 6.92 Å². The first kappa shape index (κ1) is 11.9. The second kappa shape index (κ2) is 4.35. The van der Waals surface area contributed by atoms with E-state index in [4.69, 9.17) is 22.4 Å². The van der Waals surface area contributed by atoms with E-state index in [-0.39, 0.29) is 10.7 Å². The zero-order valence-electron chi connectivity index (χ0n) is 8.90. The van der Waals surface area contributed by atoms with E-state index in [0.29, 0.717) is 15.6 Å². The van der Waals surface area contributed by atoms with Gasteiger partial charge in [0.15, 0.2) is 5.69 Å². The average molecular weight is 269 g/mol. The standard InChI is InChI=1S/C11H9ClN2O2S/c1-5-2-3-6(7(12)4-5)10-14-8(11(15)16)9(13)17-10/h2-4H,13H2,1H3,(H,15,16). The molecule has 2 aromatic rings. The van der Waals surface area contributed by atoms with E-state index in [1.807, 2.05) is 19.1 Å². The van der Waals surface area contributed by atoms with Gasteiger partial charge in [-0.1, -0.05) is 35.1 Å². The summed E-state index contributed by atoms with van der Waals surface area (Å²) < 4.78 is 0. The molecule has 0 saturated heterocycles. The van der Waals surface area contributed by atoms with Gasteiger partial charge in [0.1, 0.15) is 10.0 Å². The van der Waals surface area contributed by atoms with Gasteiger partial charge in [0.2, 0.25) is 0 Å². The lowest BCUT2D eigenvalue weighted by atomic mass is 10.1. The molecule has 2 rings (SSSR count). The number of nitrogens with two attached hydrogens (primary N) is 1. The Hall–Kier alpha value is -1.59. The van der Waals surface area contributed by atoms with Crippen molar-refractivity contribution >= 4 is 33.9 Å². The minimum atomic E-state index is -1.13. The summed E-state index contributed by atoms with van der Waals surface area (Å²) in [5.74, 6) is -1.13. The highest BCUT2D eigenvalue weighted by molar-refractivity contribution is 7.19. The number of anilines is 1. The van der Waals surface area contributed by atoms with E-state index in [2.05, 4.69) is 4.98 Å². The van der Waals surface area contributed by atoms with Crippen molar-refractivity contribution in [2.24, 2.45) is 0 Å². The van der Waals surface area contributed by atoms with Gasteiger partial charge >= 0.3 is 5.97 Å². The van der Waals surface area contributed by atoms with Crippen LogP contribution in [0.3, 0.4) is 0 Å². The molecule has 0 aliphatic rings. The number of nitrogens with zero attached hydrogens (tertiary/aromatic N) is 1. The average Bonchev–Trinajstić information content (AvgIpc) is 2.60.